The Balaban J connectivity index is 1.56. The van der Waals surface area contributed by atoms with Crippen LogP contribution >= 0.6 is 0 Å². The molecule has 40 heavy (non-hydrogen) atoms. The molecule has 5 aliphatic carbocycles. The number of carbonyl (C=O) groups is 2. The molecule has 0 aromatic carbocycles. The summed E-state index contributed by atoms with van der Waals surface area (Å²) < 4.78 is 5.87. The molecule has 0 bridgehead atoms. The number of hydrogen-bond acceptors (Lipinski definition) is 6. The summed E-state index contributed by atoms with van der Waals surface area (Å²) in [6.45, 7) is 17.2. The van der Waals surface area contributed by atoms with E-state index in [4.69, 9.17) is 4.74 Å². The Hall–Kier alpha value is -1.76. The number of rotatable bonds is 5. The molecule has 0 aromatic heterocycles. The monoisotopic (exact) mass is 557 g/mol. The molecule has 2 unspecified atom stereocenters. The van der Waals surface area contributed by atoms with Gasteiger partial charge >= 0.3 is 5.97 Å². The lowest BCUT2D eigenvalue weighted by atomic mass is 9.33. The fourth-order valence-electron chi connectivity index (χ4n) is 11.8. The van der Waals surface area contributed by atoms with E-state index in [0.29, 0.717) is 18.3 Å². The van der Waals surface area contributed by atoms with E-state index in [1.807, 2.05) is 0 Å². The van der Waals surface area contributed by atoms with Crippen molar-refractivity contribution in [3.63, 3.8) is 0 Å². The predicted molar refractivity (Wildman–Crippen MR) is 153 cm³/mol. The van der Waals surface area contributed by atoms with Crippen molar-refractivity contribution in [2.45, 2.75) is 125 Å². The summed E-state index contributed by atoms with van der Waals surface area (Å²) in [4.78, 5) is 36.6. The van der Waals surface area contributed by atoms with Crippen LogP contribution in [0, 0.1) is 60.9 Å². The van der Waals surface area contributed by atoms with Crippen LogP contribution in [0.15, 0.2) is 11.1 Å². The van der Waals surface area contributed by atoms with Gasteiger partial charge in [-0.15, -0.1) is 0 Å². The van der Waals surface area contributed by atoms with Gasteiger partial charge in [0, 0.05) is 29.1 Å². The smallest absolute Gasteiger partial charge is 0.302 e. The van der Waals surface area contributed by atoms with Crippen LogP contribution in [-0.2, 0) is 14.3 Å². The normalized spacial score (nSPS) is 44.8. The molecule has 5 rings (SSSR count). The molecule has 0 saturated heterocycles. The zero-order valence-corrected chi connectivity index (χ0v) is 26.0. The average molecular weight is 558 g/mol. The van der Waals surface area contributed by atoms with E-state index in [-0.39, 0.29) is 57.8 Å². The van der Waals surface area contributed by atoms with Gasteiger partial charge in [0.05, 0.1) is 0 Å². The van der Waals surface area contributed by atoms with Crippen molar-refractivity contribution in [3.05, 3.63) is 21.3 Å². The van der Waals surface area contributed by atoms with Crippen molar-refractivity contribution in [1.29, 1.82) is 0 Å². The maximum Gasteiger partial charge on any atom is 0.302 e. The number of nitro groups is 1. The highest BCUT2D eigenvalue weighted by Crippen LogP contribution is 2.77. The summed E-state index contributed by atoms with van der Waals surface area (Å²) in [7, 11) is 0. The molecule has 4 fully saturated rings. The van der Waals surface area contributed by atoms with Gasteiger partial charge in [0.2, 0.25) is 6.54 Å². The summed E-state index contributed by atoms with van der Waals surface area (Å²) in [5.41, 5.74) is 1.15. The lowest BCUT2D eigenvalue weighted by Gasteiger charge is -2.72. The number of carbonyl (C=O) groups excluding carboxylic acids is 2. The molecule has 0 radical (unpaired) electrons. The van der Waals surface area contributed by atoms with Gasteiger partial charge in [-0.05, 0) is 96.9 Å². The molecule has 0 amide bonds. The van der Waals surface area contributed by atoms with Crippen LogP contribution in [0.25, 0.3) is 0 Å². The second-order valence-electron chi connectivity index (χ2n) is 15.8. The van der Waals surface area contributed by atoms with Gasteiger partial charge in [0.15, 0.2) is 5.78 Å². The number of allylic oxidation sites excluding steroid dienone is 1. The lowest BCUT2D eigenvalue weighted by molar-refractivity contribution is -0.494. The lowest BCUT2D eigenvalue weighted by Crippen LogP contribution is -2.66. The minimum absolute atomic E-state index is 0.0330. The van der Waals surface area contributed by atoms with Crippen LogP contribution in [0.4, 0.5) is 0 Å². The number of aliphatic hydroxyl groups excluding tert-OH is 1. The Labute approximate surface area is 240 Å². The summed E-state index contributed by atoms with van der Waals surface area (Å²) >= 11 is 0. The van der Waals surface area contributed by atoms with Crippen LogP contribution in [0.1, 0.15) is 113 Å². The Bertz CT molecular complexity index is 1140. The first-order valence-electron chi connectivity index (χ1n) is 15.7. The number of esters is 1. The van der Waals surface area contributed by atoms with E-state index in [2.05, 4.69) is 48.5 Å². The number of ether oxygens (including phenoxy) is 1. The van der Waals surface area contributed by atoms with Crippen LogP contribution in [0.2, 0.25) is 0 Å². The molecular weight excluding hydrogens is 506 g/mol. The van der Waals surface area contributed by atoms with Gasteiger partial charge in [-0.25, -0.2) is 0 Å². The van der Waals surface area contributed by atoms with Gasteiger partial charge < -0.3 is 9.84 Å². The highest BCUT2D eigenvalue weighted by Gasteiger charge is 2.71. The maximum absolute atomic E-state index is 13.6. The van der Waals surface area contributed by atoms with Crippen molar-refractivity contribution in [3.8, 4) is 0 Å². The van der Waals surface area contributed by atoms with Gasteiger partial charge in [0.25, 0.3) is 0 Å². The molecule has 0 aromatic rings. The van der Waals surface area contributed by atoms with Crippen molar-refractivity contribution in [1.82, 2.24) is 0 Å². The standard InChI is InChI=1S/C33H51NO6/c1-19(2)27-22(36)17-33(25(37)18-34(38)39)16-15-31(7)21(28(27)33)9-10-24-30(6)13-12-26(40-20(3)35)29(4,5)23(30)11-14-32(24,31)8/h19,21,23-26,37H,9-18H2,1-8H3/t21-,23+,24-,25?,26+,30+,31-,32-,33?/m1/s1. The molecule has 5 aliphatic rings. The molecule has 9 atom stereocenters. The minimum atomic E-state index is -1.14. The summed E-state index contributed by atoms with van der Waals surface area (Å²) in [6.07, 6.45) is 6.65. The molecule has 7 nitrogen and oxygen atoms in total. The van der Waals surface area contributed by atoms with Crippen LogP contribution in [0.3, 0.4) is 0 Å². The maximum atomic E-state index is 13.6. The van der Waals surface area contributed by atoms with Crippen molar-refractivity contribution < 1.29 is 24.4 Å². The quantitative estimate of drug-likeness (QED) is 0.234. The molecule has 1 N–H and O–H groups in total. The topological polar surface area (TPSA) is 107 Å². The summed E-state index contributed by atoms with van der Waals surface area (Å²) in [6, 6.07) is 0. The molecule has 224 valence electrons. The van der Waals surface area contributed by atoms with E-state index in [1.165, 1.54) is 6.92 Å². The summed E-state index contributed by atoms with van der Waals surface area (Å²) in [5.74, 6) is 1.04. The Morgan fingerprint density at radius 3 is 2.27 bits per heavy atom. The number of hydrogen-bond donors (Lipinski definition) is 1. The predicted octanol–water partition coefficient (Wildman–Crippen LogP) is 6.54. The van der Waals surface area contributed by atoms with Gasteiger partial charge in [0.1, 0.15) is 12.2 Å². The number of nitrogens with zero attached hydrogens (tertiary/aromatic N) is 1. The van der Waals surface area contributed by atoms with E-state index in [0.717, 1.165) is 56.1 Å². The second kappa shape index (κ2) is 9.37. The van der Waals surface area contributed by atoms with Gasteiger partial charge in [-0.2, -0.15) is 0 Å². The van der Waals surface area contributed by atoms with Crippen LogP contribution in [-0.4, -0.2) is 40.5 Å². The number of aliphatic hydroxyl groups is 1. The number of ketones is 1. The largest absolute Gasteiger partial charge is 0.462 e. The molecular formula is C33H51NO6. The van der Waals surface area contributed by atoms with Crippen molar-refractivity contribution in [2.24, 2.45) is 50.7 Å². The second-order valence-corrected chi connectivity index (χ2v) is 15.8. The molecule has 0 aliphatic heterocycles. The zero-order valence-electron chi connectivity index (χ0n) is 26.0. The third-order valence-corrected chi connectivity index (χ3v) is 13.7. The first kappa shape index (κ1) is 29.7. The van der Waals surface area contributed by atoms with E-state index in [9.17, 15) is 24.8 Å². The Morgan fingerprint density at radius 1 is 1.00 bits per heavy atom. The van der Waals surface area contributed by atoms with Crippen molar-refractivity contribution >= 4 is 11.8 Å². The first-order valence-corrected chi connectivity index (χ1v) is 15.7. The van der Waals surface area contributed by atoms with Crippen LogP contribution < -0.4 is 0 Å². The van der Waals surface area contributed by atoms with E-state index < -0.39 is 23.0 Å². The van der Waals surface area contributed by atoms with E-state index in [1.54, 1.807) is 0 Å². The number of fused-ring (bicyclic) bond motifs is 7. The van der Waals surface area contributed by atoms with Crippen LogP contribution in [0.5, 0.6) is 0 Å². The minimum Gasteiger partial charge on any atom is -0.462 e. The molecule has 4 saturated carbocycles. The highest BCUT2D eigenvalue weighted by atomic mass is 16.6. The van der Waals surface area contributed by atoms with Crippen molar-refractivity contribution in [2.75, 3.05) is 6.54 Å². The molecule has 7 heteroatoms. The first-order chi connectivity index (χ1) is 18.5. The molecule has 0 heterocycles. The average Bonchev–Trinajstić information content (AvgIpc) is 3.14. The Kier molecular flexibility index (Phi) is 6.96. The number of Topliss-reactive ketones (excluding diaryl/α,β-unsaturated/α-hetero) is 1. The molecule has 0 spiro atoms. The third-order valence-electron chi connectivity index (χ3n) is 13.7. The van der Waals surface area contributed by atoms with E-state index >= 15 is 0 Å². The van der Waals surface area contributed by atoms with Gasteiger partial charge in [-0.3, -0.25) is 19.7 Å². The SMILES string of the molecule is CC(=O)O[C@H]1CC[C@]2(C)[C@H]3CC[C@@H]4C5=C(C(C)C)C(=O)CC5(C(O)C[N+](=O)[O-])CC[C@@]4(C)[C@]3(C)CC[C@H]2C1(C)C. The summed E-state index contributed by atoms with van der Waals surface area (Å²) in [5, 5.41) is 22.9. The third kappa shape index (κ3) is 3.84. The fraction of sp³-hybridized carbons (Fsp3) is 0.879. The highest BCUT2D eigenvalue weighted by molar-refractivity contribution is 6.00. The zero-order chi connectivity index (χ0) is 29.6. The Morgan fingerprint density at radius 2 is 1.68 bits per heavy atom. The van der Waals surface area contributed by atoms with Gasteiger partial charge in [-0.1, -0.05) is 54.0 Å². The fourth-order valence-corrected chi connectivity index (χ4v) is 11.8.